The molecule has 1 atom stereocenters. The minimum absolute atomic E-state index is 0.727. The SMILES string of the molecule is CN1Cc2cccc3c2C(CN3)C1. The van der Waals surface area contributed by atoms with Crippen LogP contribution >= 0.6 is 0 Å². The van der Waals surface area contributed by atoms with E-state index in [9.17, 15) is 0 Å². The minimum Gasteiger partial charge on any atom is -0.384 e. The van der Waals surface area contributed by atoms with E-state index >= 15 is 0 Å². The van der Waals surface area contributed by atoms with Crippen molar-refractivity contribution < 1.29 is 0 Å². The van der Waals surface area contributed by atoms with Gasteiger partial charge in [0.25, 0.3) is 0 Å². The summed E-state index contributed by atoms with van der Waals surface area (Å²) < 4.78 is 0. The second-order valence-corrected chi connectivity index (χ2v) is 4.15. The zero-order valence-corrected chi connectivity index (χ0v) is 7.88. The molecule has 2 aliphatic rings. The molecule has 0 bridgehead atoms. The van der Waals surface area contributed by atoms with E-state index in [0.29, 0.717) is 0 Å². The summed E-state index contributed by atoms with van der Waals surface area (Å²) in [4.78, 5) is 2.41. The first-order valence-corrected chi connectivity index (χ1v) is 4.89. The lowest BCUT2D eigenvalue weighted by Gasteiger charge is -2.28. The number of nitrogens with one attached hydrogen (secondary N) is 1. The highest BCUT2D eigenvalue weighted by molar-refractivity contribution is 5.61. The number of rotatable bonds is 0. The molecule has 0 amide bonds. The highest BCUT2D eigenvalue weighted by Gasteiger charge is 2.29. The third-order valence-electron chi connectivity index (χ3n) is 3.12. The first-order valence-electron chi connectivity index (χ1n) is 4.89. The fraction of sp³-hybridized carbons (Fsp3) is 0.455. The van der Waals surface area contributed by atoms with Gasteiger partial charge >= 0.3 is 0 Å². The van der Waals surface area contributed by atoms with E-state index in [0.717, 1.165) is 19.0 Å². The van der Waals surface area contributed by atoms with Gasteiger partial charge in [0.15, 0.2) is 0 Å². The van der Waals surface area contributed by atoms with Crippen LogP contribution in [0.15, 0.2) is 18.2 Å². The zero-order chi connectivity index (χ0) is 8.84. The van der Waals surface area contributed by atoms with Gasteiger partial charge < -0.3 is 10.2 Å². The van der Waals surface area contributed by atoms with E-state index in [4.69, 9.17) is 0 Å². The Hall–Kier alpha value is -1.02. The summed E-state index contributed by atoms with van der Waals surface area (Å²) >= 11 is 0. The molecule has 2 nitrogen and oxygen atoms in total. The van der Waals surface area contributed by atoms with Crippen LogP contribution in [0, 0.1) is 0 Å². The summed E-state index contributed by atoms with van der Waals surface area (Å²) in [5.41, 5.74) is 4.47. The molecule has 3 rings (SSSR count). The van der Waals surface area contributed by atoms with Crippen molar-refractivity contribution in [2.24, 2.45) is 0 Å². The molecule has 1 aromatic carbocycles. The van der Waals surface area contributed by atoms with Gasteiger partial charge in [-0.3, -0.25) is 0 Å². The molecule has 0 aromatic heterocycles. The molecule has 0 spiro atoms. The number of hydrogen-bond donors (Lipinski definition) is 1. The van der Waals surface area contributed by atoms with Crippen LogP contribution in [-0.2, 0) is 6.54 Å². The van der Waals surface area contributed by atoms with Gasteiger partial charge in [0, 0.05) is 31.2 Å². The Bertz CT molecular complexity index is 346. The lowest BCUT2D eigenvalue weighted by Crippen LogP contribution is -2.30. The smallest absolute Gasteiger partial charge is 0.0380 e. The maximum atomic E-state index is 3.48. The summed E-state index contributed by atoms with van der Waals surface area (Å²) in [6.45, 7) is 3.44. The number of likely N-dealkylation sites (N-methyl/N-ethyl adjacent to an activating group) is 1. The quantitative estimate of drug-likeness (QED) is 0.643. The summed E-state index contributed by atoms with van der Waals surface area (Å²) in [5.74, 6) is 0.727. The van der Waals surface area contributed by atoms with Gasteiger partial charge in [0.2, 0.25) is 0 Å². The number of hydrogen-bond acceptors (Lipinski definition) is 2. The maximum Gasteiger partial charge on any atom is 0.0380 e. The van der Waals surface area contributed by atoms with E-state index in [-0.39, 0.29) is 0 Å². The third-order valence-corrected chi connectivity index (χ3v) is 3.12. The Labute approximate surface area is 78.6 Å². The van der Waals surface area contributed by atoms with E-state index in [1.165, 1.54) is 17.8 Å². The second-order valence-electron chi connectivity index (χ2n) is 4.15. The van der Waals surface area contributed by atoms with Crippen molar-refractivity contribution in [1.29, 1.82) is 0 Å². The Morgan fingerprint density at radius 3 is 3.31 bits per heavy atom. The molecule has 68 valence electrons. The number of benzene rings is 1. The highest BCUT2D eigenvalue weighted by atomic mass is 15.1. The lowest BCUT2D eigenvalue weighted by atomic mass is 9.92. The molecule has 2 heterocycles. The molecule has 0 saturated carbocycles. The summed E-state index contributed by atoms with van der Waals surface area (Å²) in [6, 6.07) is 6.61. The third kappa shape index (κ3) is 0.985. The fourth-order valence-electron chi connectivity index (χ4n) is 2.61. The van der Waals surface area contributed by atoms with Crippen LogP contribution in [0.2, 0.25) is 0 Å². The Kier molecular flexibility index (Phi) is 1.41. The Morgan fingerprint density at radius 2 is 2.38 bits per heavy atom. The minimum atomic E-state index is 0.727. The van der Waals surface area contributed by atoms with E-state index < -0.39 is 0 Å². The van der Waals surface area contributed by atoms with Crippen molar-refractivity contribution >= 4 is 5.69 Å². The highest BCUT2D eigenvalue weighted by Crippen LogP contribution is 2.37. The normalized spacial score (nSPS) is 25.5. The van der Waals surface area contributed by atoms with Crippen LogP contribution in [-0.4, -0.2) is 25.0 Å². The molecule has 0 saturated heterocycles. The molecule has 1 N–H and O–H groups in total. The molecular formula is C11H14N2. The average Bonchev–Trinajstić information content (AvgIpc) is 2.50. The van der Waals surface area contributed by atoms with E-state index in [1.54, 1.807) is 5.56 Å². The molecule has 0 aliphatic carbocycles. The molecule has 1 unspecified atom stereocenters. The van der Waals surface area contributed by atoms with Gasteiger partial charge in [-0.1, -0.05) is 12.1 Å². The second kappa shape index (κ2) is 2.48. The fourth-order valence-corrected chi connectivity index (χ4v) is 2.61. The van der Waals surface area contributed by atoms with Gasteiger partial charge in [-0.2, -0.15) is 0 Å². The van der Waals surface area contributed by atoms with Crippen molar-refractivity contribution in [1.82, 2.24) is 4.90 Å². The summed E-state index contributed by atoms with van der Waals surface area (Å²) in [5, 5.41) is 3.48. The van der Waals surface area contributed by atoms with E-state index in [2.05, 4.69) is 35.5 Å². The van der Waals surface area contributed by atoms with Crippen LogP contribution < -0.4 is 5.32 Å². The van der Waals surface area contributed by atoms with Crippen LogP contribution in [0.1, 0.15) is 17.0 Å². The number of anilines is 1. The van der Waals surface area contributed by atoms with Crippen molar-refractivity contribution in [3.05, 3.63) is 29.3 Å². The zero-order valence-electron chi connectivity index (χ0n) is 7.88. The van der Waals surface area contributed by atoms with Gasteiger partial charge in [-0.05, 0) is 24.2 Å². The Morgan fingerprint density at radius 1 is 1.46 bits per heavy atom. The van der Waals surface area contributed by atoms with Gasteiger partial charge in [-0.25, -0.2) is 0 Å². The van der Waals surface area contributed by atoms with Crippen LogP contribution in [0.3, 0.4) is 0 Å². The van der Waals surface area contributed by atoms with Gasteiger partial charge in [0.1, 0.15) is 0 Å². The first-order chi connectivity index (χ1) is 6.34. The molecule has 0 fully saturated rings. The predicted molar refractivity (Wildman–Crippen MR) is 54.0 cm³/mol. The molecule has 13 heavy (non-hydrogen) atoms. The van der Waals surface area contributed by atoms with Crippen molar-refractivity contribution in [2.75, 3.05) is 25.5 Å². The monoisotopic (exact) mass is 174 g/mol. The van der Waals surface area contributed by atoms with Crippen LogP contribution in [0.4, 0.5) is 5.69 Å². The molecular weight excluding hydrogens is 160 g/mol. The summed E-state index contributed by atoms with van der Waals surface area (Å²) in [6.07, 6.45) is 0. The lowest BCUT2D eigenvalue weighted by molar-refractivity contribution is 0.289. The molecule has 2 aliphatic heterocycles. The van der Waals surface area contributed by atoms with E-state index in [1.807, 2.05) is 0 Å². The number of nitrogens with zero attached hydrogens (tertiary/aromatic N) is 1. The molecule has 1 aromatic rings. The standard InChI is InChI=1S/C11H14N2/c1-13-6-8-3-2-4-10-11(8)9(7-13)5-12-10/h2-4,9,12H,5-7H2,1H3. The predicted octanol–water partition coefficient (Wildman–Crippen LogP) is 1.64. The van der Waals surface area contributed by atoms with Crippen molar-refractivity contribution in [3.63, 3.8) is 0 Å². The molecule has 2 heteroatoms. The van der Waals surface area contributed by atoms with Gasteiger partial charge in [-0.15, -0.1) is 0 Å². The van der Waals surface area contributed by atoms with Crippen molar-refractivity contribution in [3.8, 4) is 0 Å². The Balaban J connectivity index is 2.16. The maximum absolute atomic E-state index is 3.48. The summed E-state index contributed by atoms with van der Waals surface area (Å²) in [7, 11) is 2.20. The van der Waals surface area contributed by atoms with Crippen LogP contribution in [0.5, 0.6) is 0 Å². The van der Waals surface area contributed by atoms with Crippen LogP contribution in [0.25, 0.3) is 0 Å². The topological polar surface area (TPSA) is 15.3 Å². The average molecular weight is 174 g/mol. The largest absolute Gasteiger partial charge is 0.384 e. The van der Waals surface area contributed by atoms with Crippen molar-refractivity contribution in [2.45, 2.75) is 12.5 Å². The van der Waals surface area contributed by atoms with Gasteiger partial charge in [0.05, 0.1) is 0 Å². The first kappa shape index (κ1) is 7.39. The molecule has 0 radical (unpaired) electrons.